The fourth-order valence-electron chi connectivity index (χ4n) is 2.96. The number of hydrogen-bond donors (Lipinski definition) is 1. The summed E-state index contributed by atoms with van der Waals surface area (Å²) in [6.07, 6.45) is 4.47. The Labute approximate surface area is 126 Å². The SMILES string of the molecule is Cc1ccc(C(=O)N(CC(N)=S)C2CCCC2)c(C)c1. The highest BCUT2D eigenvalue weighted by Crippen LogP contribution is 2.25. The number of thiocarbonyl (C=S) groups is 1. The summed E-state index contributed by atoms with van der Waals surface area (Å²) in [5, 5.41) is 0. The van der Waals surface area contributed by atoms with Crippen molar-refractivity contribution in [3.63, 3.8) is 0 Å². The minimum Gasteiger partial charge on any atom is -0.392 e. The first-order chi connectivity index (χ1) is 9.49. The number of benzene rings is 1. The zero-order chi connectivity index (χ0) is 14.7. The minimum atomic E-state index is 0.0576. The molecule has 1 aliphatic rings. The van der Waals surface area contributed by atoms with Crippen LogP contribution in [0.4, 0.5) is 0 Å². The molecule has 1 saturated carbocycles. The standard InChI is InChI=1S/C16H22N2OS/c1-11-7-8-14(12(2)9-11)16(19)18(10-15(17)20)13-5-3-4-6-13/h7-9,13H,3-6,10H2,1-2H3,(H2,17,20). The van der Waals surface area contributed by atoms with Crippen molar-refractivity contribution >= 4 is 23.1 Å². The van der Waals surface area contributed by atoms with Crippen molar-refractivity contribution in [2.45, 2.75) is 45.6 Å². The van der Waals surface area contributed by atoms with Crippen LogP contribution in [0.1, 0.15) is 47.2 Å². The Kier molecular flexibility index (Phi) is 4.76. The van der Waals surface area contributed by atoms with Crippen molar-refractivity contribution in [2.24, 2.45) is 5.73 Å². The highest BCUT2D eigenvalue weighted by atomic mass is 32.1. The van der Waals surface area contributed by atoms with E-state index in [0.29, 0.717) is 11.5 Å². The molecule has 0 atom stereocenters. The third kappa shape index (κ3) is 3.37. The molecule has 2 N–H and O–H groups in total. The summed E-state index contributed by atoms with van der Waals surface area (Å²) in [6, 6.07) is 6.22. The van der Waals surface area contributed by atoms with E-state index < -0.39 is 0 Å². The van der Waals surface area contributed by atoms with Crippen LogP contribution in [0.2, 0.25) is 0 Å². The molecule has 1 aliphatic carbocycles. The summed E-state index contributed by atoms with van der Waals surface area (Å²) in [7, 11) is 0. The van der Waals surface area contributed by atoms with Crippen LogP contribution in [0.5, 0.6) is 0 Å². The van der Waals surface area contributed by atoms with Gasteiger partial charge in [0, 0.05) is 11.6 Å². The maximum Gasteiger partial charge on any atom is 0.254 e. The van der Waals surface area contributed by atoms with Crippen LogP contribution in [-0.4, -0.2) is 28.4 Å². The molecule has 1 aromatic rings. The van der Waals surface area contributed by atoms with Gasteiger partial charge in [-0.25, -0.2) is 0 Å². The number of amides is 1. The van der Waals surface area contributed by atoms with Gasteiger partial charge in [0.2, 0.25) is 0 Å². The van der Waals surface area contributed by atoms with Gasteiger partial charge in [0.15, 0.2) is 0 Å². The molecule has 0 spiro atoms. The van der Waals surface area contributed by atoms with E-state index in [1.54, 1.807) is 0 Å². The lowest BCUT2D eigenvalue weighted by Gasteiger charge is -2.29. The van der Waals surface area contributed by atoms with Gasteiger partial charge in [0.25, 0.3) is 5.91 Å². The molecular formula is C16H22N2OS. The van der Waals surface area contributed by atoms with Crippen LogP contribution < -0.4 is 5.73 Å². The highest BCUT2D eigenvalue weighted by molar-refractivity contribution is 7.80. The van der Waals surface area contributed by atoms with Crippen LogP contribution in [0.15, 0.2) is 18.2 Å². The number of hydrogen-bond acceptors (Lipinski definition) is 2. The average Bonchev–Trinajstić information content (AvgIpc) is 2.88. The number of rotatable bonds is 4. The Morgan fingerprint density at radius 2 is 2.00 bits per heavy atom. The minimum absolute atomic E-state index is 0.0576. The molecule has 2 rings (SSSR count). The lowest BCUT2D eigenvalue weighted by Crippen LogP contribution is -2.43. The van der Waals surface area contributed by atoms with Gasteiger partial charge < -0.3 is 10.6 Å². The van der Waals surface area contributed by atoms with Crippen molar-refractivity contribution in [3.8, 4) is 0 Å². The Hall–Kier alpha value is -1.42. The summed E-state index contributed by atoms with van der Waals surface area (Å²) < 4.78 is 0. The number of carbonyl (C=O) groups is 1. The Balaban J connectivity index is 2.27. The number of aryl methyl sites for hydroxylation is 2. The van der Waals surface area contributed by atoms with Crippen LogP contribution in [0, 0.1) is 13.8 Å². The molecular weight excluding hydrogens is 268 g/mol. The molecule has 0 saturated heterocycles. The van der Waals surface area contributed by atoms with Gasteiger partial charge in [0.1, 0.15) is 0 Å². The smallest absolute Gasteiger partial charge is 0.254 e. The Morgan fingerprint density at radius 3 is 2.55 bits per heavy atom. The van der Waals surface area contributed by atoms with Crippen LogP contribution in [-0.2, 0) is 0 Å². The molecule has 1 fully saturated rings. The molecule has 1 aromatic carbocycles. The topological polar surface area (TPSA) is 46.3 Å². The van der Waals surface area contributed by atoms with Gasteiger partial charge in [0.05, 0.1) is 11.5 Å². The second-order valence-corrected chi connectivity index (χ2v) is 6.18. The largest absolute Gasteiger partial charge is 0.392 e. The molecule has 20 heavy (non-hydrogen) atoms. The Bertz CT molecular complexity index is 521. The third-order valence-electron chi connectivity index (χ3n) is 3.96. The van der Waals surface area contributed by atoms with Gasteiger partial charge in [-0.15, -0.1) is 0 Å². The summed E-state index contributed by atoms with van der Waals surface area (Å²) >= 11 is 5.01. The van der Waals surface area contributed by atoms with Crippen LogP contribution >= 0.6 is 12.2 Å². The van der Waals surface area contributed by atoms with E-state index in [-0.39, 0.29) is 11.9 Å². The van der Waals surface area contributed by atoms with Gasteiger partial charge in [-0.3, -0.25) is 4.79 Å². The number of nitrogens with zero attached hydrogens (tertiary/aromatic N) is 1. The summed E-state index contributed by atoms with van der Waals surface area (Å²) in [6.45, 7) is 4.39. The molecule has 0 aromatic heterocycles. The molecule has 0 radical (unpaired) electrons. The molecule has 0 aliphatic heterocycles. The van der Waals surface area contributed by atoms with Crippen molar-refractivity contribution in [1.29, 1.82) is 0 Å². The van der Waals surface area contributed by atoms with Crippen molar-refractivity contribution in [1.82, 2.24) is 4.90 Å². The summed E-state index contributed by atoms with van der Waals surface area (Å²) in [4.78, 5) is 15.1. The van der Waals surface area contributed by atoms with E-state index >= 15 is 0 Å². The molecule has 0 bridgehead atoms. The zero-order valence-electron chi connectivity index (χ0n) is 12.2. The monoisotopic (exact) mass is 290 g/mol. The summed E-state index contributed by atoms with van der Waals surface area (Å²) in [5.74, 6) is 0.0576. The quantitative estimate of drug-likeness (QED) is 0.867. The van der Waals surface area contributed by atoms with Gasteiger partial charge >= 0.3 is 0 Å². The van der Waals surface area contributed by atoms with Gasteiger partial charge in [-0.2, -0.15) is 0 Å². The first-order valence-electron chi connectivity index (χ1n) is 7.15. The van der Waals surface area contributed by atoms with Crippen LogP contribution in [0.3, 0.4) is 0 Å². The molecule has 4 heteroatoms. The van der Waals surface area contributed by atoms with E-state index in [9.17, 15) is 4.79 Å². The zero-order valence-corrected chi connectivity index (χ0v) is 13.0. The molecule has 1 amide bonds. The highest BCUT2D eigenvalue weighted by Gasteiger charge is 2.28. The van der Waals surface area contributed by atoms with E-state index in [4.69, 9.17) is 18.0 Å². The molecule has 0 heterocycles. The second-order valence-electron chi connectivity index (χ2n) is 5.66. The number of nitrogens with two attached hydrogens (primary N) is 1. The van der Waals surface area contributed by atoms with E-state index in [0.717, 1.165) is 24.0 Å². The summed E-state index contributed by atoms with van der Waals surface area (Å²) in [5.41, 5.74) is 8.62. The van der Waals surface area contributed by atoms with E-state index in [1.807, 2.05) is 36.9 Å². The van der Waals surface area contributed by atoms with Crippen molar-refractivity contribution < 1.29 is 4.79 Å². The Morgan fingerprint density at radius 1 is 1.35 bits per heavy atom. The molecule has 108 valence electrons. The predicted molar refractivity (Wildman–Crippen MR) is 86.0 cm³/mol. The fourth-order valence-corrected chi connectivity index (χ4v) is 3.10. The maximum atomic E-state index is 12.8. The van der Waals surface area contributed by atoms with Crippen LogP contribution in [0.25, 0.3) is 0 Å². The van der Waals surface area contributed by atoms with Gasteiger partial charge in [-0.1, -0.05) is 42.8 Å². The average molecular weight is 290 g/mol. The maximum absolute atomic E-state index is 12.8. The van der Waals surface area contributed by atoms with Gasteiger partial charge in [-0.05, 0) is 38.3 Å². The van der Waals surface area contributed by atoms with Crippen molar-refractivity contribution in [3.05, 3.63) is 34.9 Å². The predicted octanol–water partition coefficient (Wildman–Crippen LogP) is 2.97. The normalized spacial score (nSPS) is 15.3. The fraction of sp³-hybridized carbons (Fsp3) is 0.500. The first kappa shape index (κ1) is 15.0. The second kappa shape index (κ2) is 6.35. The van der Waals surface area contributed by atoms with Crippen molar-refractivity contribution in [2.75, 3.05) is 6.54 Å². The first-order valence-corrected chi connectivity index (χ1v) is 7.56. The van der Waals surface area contributed by atoms with E-state index in [1.165, 1.54) is 18.4 Å². The lowest BCUT2D eigenvalue weighted by atomic mass is 10.0. The number of carbonyl (C=O) groups excluding carboxylic acids is 1. The third-order valence-corrected chi connectivity index (χ3v) is 4.09. The lowest BCUT2D eigenvalue weighted by molar-refractivity contribution is 0.0714. The molecule has 0 unspecified atom stereocenters. The molecule has 3 nitrogen and oxygen atoms in total. The van der Waals surface area contributed by atoms with E-state index in [2.05, 4.69) is 0 Å².